The van der Waals surface area contributed by atoms with E-state index < -0.39 is 0 Å². The predicted octanol–water partition coefficient (Wildman–Crippen LogP) is -21.4. The van der Waals surface area contributed by atoms with Gasteiger partial charge in [0.05, 0.1) is 0 Å². The summed E-state index contributed by atoms with van der Waals surface area (Å²) in [6.45, 7) is 0. The molecule has 0 aromatic rings. The molecule has 0 rings (SSSR count). The topological polar surface area (TPSA) is 0 Å². The minimum absolute atomic E-state index is 0. The van der Waals surface area contributed by atoms with Crippen molar-refractivity contribution in [3.63, 3.8) is 0 Å². The largest absolute Gasteiger partial charge is 3.00 e. The quantitative estimate of drug-likeness (QED) is 0.308. The van der Waals surface area contributed by atoms with Crippen molar-refractivity contribution >= 4 is 8.41 Å². The van der Waals surface area contributed by atoms with Crippen molar-refractivity contribution in [3.8, 4) is 0 Å². The van der Waals surface area contributed by atoms with Crippen LogP contribution in [0, 0.1) is 45.0 Å². The van der Waals surface area contributed by atoms with Gasteiger partial charge in [0.1, 0.15) is 0 Å². The Morgan fingerprint density at radius 3 is 0.444 bits per heavy atom. The molecular formula is BCl6NaRa. The molecule has 0 aliphatic rings. The fourth-order valence-corrected chi connectivity index (χ4v) is 0. The normalized spacial score (nSPS) is 0. The molecule has 0 aliphatic heterocycles. The number of hydrogen-bond donors (Lipinski definition) is 0. The molecule has 0 atom stereocenters. The summed E-state index contributed by atoms with van der Waals surface area (Å²) in [7, 11) is 0. The molecule has 0 bridgehead atoms. The van der Waals surface area contributed by atoms with Crippen molar-refractivity contribution in [2.75, 3.05) is 0 Å². The van der Waals surface area contributed by atoms with Gasteiger partial charge >= 0.3 is 83.0 Å². The van der Waals surface area contributed by atoms with Gasteiger partial charge in [-0.3, -0.25) is 0 Å². The van der Waals surface area contributed by atoms with E-state index in [9.17, 15) is 0 Å². The van der Waals surface area contributed by atoms with Crippen LogP contribution in [0.1, 0.15) is 0 Å². The third-order valence-electron chi connectivity index (χ3n) is 0. The third-order valence-corrected chi connectivity index (χ3v) is 0. The van der Waals surface area contributed by atoms with Crippen molar-refractivity contribution in [1.29, 1.82) is 0 Å². The van der Waals surface area contributed by atoms with Gasteiger partial charge in [-0.05, 0) is 0 Å². The molecule has 0 amide bonds. The Kier molecular flexibility index (Phi) is 1040. The fraction of sp³-hybridized carbons (Fsp3) is 0. The molecule has 0 aromatic heterocycles. The smallest absolute Gasteiger partial charge is 1.00 e. The van der Waals surface area contributed by atoms with Gasteiger partial charge in [0.15, 0.2) is 0 Å². The van der Waals surface area contributed by atoms with Gasteiger partial charge in [-0.2, -0.15) is 0 Å². The van der Waals surface area contributed by atoms with Gasteiger partial charge < -0.3 is 74.4 Å². The van der Waals surface area contributed by atoms with Crippen LogP contribution in [0.25, 0.3) is 0 Å². The predicted molar refractivity (Wildman–Crippen MR) is 5.75 cm³/mol. The average molecular weight is 473 g/mol. The van der Waals surface area contributed by atoms with Gasteiger partial charge in [0.2, 0.25) is 0 Å². The van der Waals surface area contributed by atoms with E-state index in [1.54, 1.807) is 0 Å². The van der Waals surface area contributed by atoms with Crippen molar-refractivity contribution < 1.29 is 149 Å². The minimum Gasteiger partial charge on any atom is -1.00 e. The average Bonchev–Trinajstić information content (AvgIpc) is 0. The van der Waals surface area contributed by atoms with Crippen LogP contribution in [0.15, 0.2) is 0 Å². The molecule has 0 unspecified atom stereocenters. The van der Waals surface area contributed by atoms with Crippen LogP contribution in [-0.2, 0) is 0 Å². The number of rotatable bonds is 0. The summed E-state index contributed by atoms with van der Waals surface area (Å²) in [5, 5.41) is 0. The monoisotopic (exact) mass is 470 g/mol. The summed E-state index contributed by atoms with van der Waals surface area (Å²) in [5.41, 5.74) is 0. The first-order valence-corrected chi connectivity index (χ1v) is 0. The second-order valence-corrected chi connectivity index (χ2v) is 0. The molecule has 0 heterocycles. The van der Waals surface area contributed by atoms with E-state index in [2.05, 4.69) is 0 Å². The summed E-state index contributed by atoms with van der Waals surface area (Å²) in [5.74, 6) is 0. The summed E-state index contributed by atoms with van der Waals surface area (Å²) < 4.78 is 0. The summed E-state index contributed by atoms with van der Waals surface area (Å²) in [6, 6.07) is 0. The number of halogens is 6. The molecule has 0 saturated heterocycles. The SMILES string of the molecule is [B+3].[Cl-].[Cl-].[Cl-].[Cl-].[Cl-].[Cl-].[Na+].[Ra+2]. The molecule has 48 valence electrons. The fourth-order valence-electron chi connectivity index (χ4n) is 0. The van der Waals surface area contributed by atoms with Crippen LogP contribution in [-0.4, -0.2) is 8.41 Å². The summed E-state index contributed by atoms with van der Waals surface area (Å²) >= 11 is 0. The molecule has 0 spiro atoms. The first kappa shape index (κ1) is 110. The Hall–Kier alpha value is 4.27. The zero-order valence-electron chi connectivity index (χ0n) is 4.55. The maximum Gasteiger partial charge on any atom is 3.00 e. The second kappa shape index (κ2) is 85.4. The van der Waals surface area contributed by atoms with Gasteiger partial charge in [-0.1, -0.05) is 0 Å². The molecule has 0 aliphatic carbocycles. The van der Waals surface area contributed by atoms with E-state index in [4.69, 9.17) is 0 Å². The maximum absolute atomic E-state index is 0. The van der Waals surface area contributed by atoms with Gasteiger partial charge in [0.25, 0.3) is 0 Å². The summed E-state index contributed by atoms with van der Waals surface area (Å²) in [4.78, 5) is 0. The van der Waals surface area contributed by atoms with Crippen molar-refractivity contribution in [2.45, 2.75) is 0 Å². The molecule has 0 saturated carbocycles. The van der Waals surface area contributed by atoms with Crippen molar-refractivity contribution in [2.24, 2.45) is 0 Å². The van der Waals surface area contributed by atoms with Crippen LogP contribution in [0.2, 0.25) is 0 Å². The molecule has 9 heavy (non-hydrogen) atoms. The first-order chi connectivity index (χ1) is 0. The van der Waals surface area contributed by atoms with Gasteiger partial charge in [-0.25, -0.2) is 0 Å². The molecule has 0 aromatic carbocycles. The zero-order valence-corrected chi connectivity index (χ0v) is 16.9. The van der Waals surface area contributed by atoms with Crippen molar-refractivity contribution in [3.05, 3.63) is 0 Å². The molecule has 9 heteroatoms. The molecule has 0 fully saturated rings. The maximum atomic E-state index is 0. The molecular weight excluding hydrogens is 473 g/mol. The molecule has 0 N–H and O–H groups in total. The second-order valence-electron chi connectivity index (χ2n) is 0. The van der Waals surface area contributed by atoms with Crippen LogP contribution < -0.4 is 104 Å². The Balaban J connectivity index is 0. The Labute approximate surface area is 154 Å². The zero-order chi connectivity index (χ0) is 0. The molecule has 0 nitrogen and oxygen atoms in total. The third kappa shape index (κ3) is 70.9. The Morgan fingerprint density at radius 1 is 0.444 bits per heavy atom. The Morgan fingerprint density at radius 2 is 0.444 bits per heavy atom. The standard InChI is InChI=1S/B.6ClH.Na.Ra/h;6*1H;;/q+3;;;;;;;+1;+2/p-6. The van der Waals surface area contributed by atoms with Crippen LogP contribution >= 0.6 is 0 Å². The van der Waals surface area contributed by atoms with E-state index in [-0.39, 0.29) is 157 Å². The van der Waals surface area contributed by atoms with Crippen LogP contribution in [0.4, 0.5) is 0 Å². The summed E-state index contributed by atoms with van der Waals surface area (Å²) in [6.07, 6.45) is 0. The van der Waals surface area contributed by atoms with E-state index in [1.807, 2.05) is 0 Å². The first-order valence-electron chi connectivity index (χ1n) is 0. The number of hydrogen-bond acceptors (Lipinski definition) is 0. The van der Waals surface area contributed by atoms with E-state index >= 15 is 0 Å². The van der Waals surface area contributed by atoms with Crippen molar-refractivity contribution in [1.82, 2.24) is 0 Å². The van der Waals surface area contributed by atoms with Crippen LogP contribution in [0.5, 0.6) is 0 Å². The van der Waals surface area contributed by atoms with Crippen LogP contribution in [0.3, 0.4) is 0 Å². The minimum atomic E-state index is 0. The molecule has 0 radical (unpaired) electrons. The van der Waals surface area contributed by atoms with E-state index in [0.717, 1.165) is 0 Å². The van der Waals surface area contributed by atoms with Gasteiger partial charge in [-0.15, -0.1) is 0 Å². The van der Waals surface area contributed by atoms with Gasteiger partial charge in [0, 0.05) is 0 Å². The van der Waals surface area contributed by atoms with E-state index in [1.165, 1.54) is 0 Å². The van der Waals surface area contributed by atoms with E-state index in [0.29, 0.717) is 0 Å². The Bertz CT molecular complexity index is 13.0.